The van der Waals surface area contributed by atoms with Crippen LogP contribution in [0.15, 0.2) is 97.2 Å². The van der Waals surface area contributed by atoms with Gasteiger partial charge in [0.15, 0.2) is 6.10 Å². The number of esters is 3. The number of rotatable bonds is 45. The SMILES string of the molecule is CC/C=C\C/C=C\C/C=C\C/C=C\C/C=C\C/C=C\CCCCC(=O)OCC(COC(=O)CCCCCCCCC)OC(=O)CCCCCCCCC/C=C\C/C=C\CCCCC. The Balaban J connectivity index is 4.37. The zero-order valence-electron chi connectivity index (χ0n) is 40.8. The van der Waals surface area contributed by atoms with Crippen molar-refractivity contribution in [2.75, 3.05) is 13.2 Å². The van der Waals surface area contributed by atoms with E-state index in [1.165, 1.54) is 77.0 Å². The van der Waals surface area contributed by atoms with E-state index in [1.807, 2.05) is 0 Å². The fourth-order valence-corrected chi connectivity index (χ4v) is 6.71. The van der Waals surface area contributed by atoms with Gasteiger partial charge in [0, 0.05) is 19.3 Å². The van der Waals surface area contributed by atoms with Gasteiger partial charge in [-0.25, -0.2) is 0 Å². The van der Waals surface area contributed by atoms with E-state index in [0.717, 1.165) is 109 Å². The molecule has 0 N–H and O–H groups in total. The number of allylic oxidation sites excluding steroid dienone is 16. The first-order chi connectivity index (χ1) is 31.0. The van der Waals surface area contributed by atoms with Crippen LogP contribution in [0.1, 0.15) is 226 Å². The maximum atomic E-state index is 12.8. The van der Waals surface area contributed by atoms with Crippen LogP contribution in [0, 0.1) is 0 Å². The molecule has 0 aliphatic carbocycles. The second kappa shape index (κ2) is 51.0. The number of unbranched alkanes of at least 4 members (excludes halogenated alkanes) is 18. The van der Waals surface area contributed by atoms with E-state index in [1.54, 1.807) is 0 Å². The Morgan fingerprint density at radius 1 is 0.333 bits per heavy atom. The normalized spacial score (nSPS) is 12.9. The summed E-state index contributed by atoms with van der Waals surface area (Å²) in [4.78, 5) is 37.8. The second-order valence-corrected chi connectivity index (χ2v) is 16.7. The number of hydrogen-bond donors (Lipinski definition) is 0. The van der Waals surface area contributed by atoms with E-state index in [-0.39, 0.29) is 31.1 Å². The quantitative estimate of drug-likeness (QED) is 0.0262. The van der Waals surface area contributed by atoms with Gasteiger partial charge >= 0.3 is 17.9 Å². The van der Waals surface area contributed by atoms with Crippen LogP contribution in [0.2, 0.25) is 0 Å². The lowest BCUT2D eigenvalue weighted by atomic mass is 10.1. The lowest BCUT2D eigenvalue weighted by Gasteiger charge is -2.18. The highest BCUT2D eigenvalue weighted by Crippen LogP contribution is 2.13. The van der Waals surface area contributed by atoms with Crippen LogP contribution < -0.4 is 0 Å². The molecule has 0 saturated carbocycles. The summed E-state index contributed by atoms with van der Waals surface area (Å²) >= 11 is 0. The highest BCUT2D eigenvalue weighted by Gasteiger charge is 2.19. The van der Waals surface area contributed by atoms with E-state index in [9.17, 15) is 14.4 Å². The molecule has 0 rings (SSSR count). The maximum Gasteiger partial charge on any atom is 0.306 e. The fraction of sp³-hybridized carbons (Fsp3) is 0.667. The Kier molecular flexibility index (Phi) is 48.0. The third kappa shape index (κ3) is 49.2. The van der Waals surface area contributed by atoms with Crippen molar-refractivity contribution in [2.45, 2.75) is 232 Å². The first kappa shape index (κ1) is 59.3. The minimum Gasteiger partial charge on any atom is -0.462 e. The predicted molar refractivity (Wildman–Crippen MR) is 270 cm³/mol. The molecule has 0 aliphatic heterocycles. The van der Waals surface area contributed by atoms with Crippen LogP contribution in [0.25, 0.3) is 0 Å². The van der Waals surface area contributed by atoms with Crippen LogP contribution in [-0.4, -0.2) is 37.2 Å². The van der Waals surface area contributed by atoms with E-state index in [2.05, 4.69) is 118 Å². The smallest absolute Gasteiger partial charge is 0.306 e. The Morgan fingerprint density at radius 3 is 1.03 bits per heavy atom. The first-order valence-electron chi connectivity index (χ1n) is 25.7. The summed E-state index contributed by atoms with van der Waals surface area (Å²) in [6, 6.07) is 0. The van der Waals surface area contributed by atoms with Crippen molar-refractivity contribution >= 4 is 17.9 Å². The molecular weight excluding hydrogens is 781 g/mol. The third-order valence-electron chi connectivity index (χ3n) is 10.6. The lowest BCUT2D eigenvalue weighted by molar-refractivity contribution is -0.167. The topological polar surface area (TPSA) is 78.9 Å². The van der Waals surface area contributed by atoms with Gasteiger partial charge in [-0.2, -0.15) is 0 Å². The van der Waals surface area contributed by atoms with Crippen LogP contribution in [-0.2, 0) is 28.6 Å². The molecule has 0 bridgehead atoms. The van der Waals surface area contributed by atoms with E-state index >= 15 is 0 Å². The van der Waals surface area contributed by atoms with Crippen LogP contribution in [0.5, 0.6) is 0 Å². The van der Waals surface area contributed by atoms with Crippen molar-refractivity contribution in [1.29, 1.82) is 0 Å². The number of hydrogen-bond acceptors (Lipinski definition) is 6. The molecule has 6 heteroatoms. The molecule has 0 heterocycles. The third-order valence-corrected chi connectivity index (χ3v) is 10.6. The number of ether oxygens (including phenoxy) is 3. The minimum atomic E-state index is -0.797. The van der Waals surface area contributed by atoms with Crippen molar-refractivity contribution < 1.29 is 28.6 Å². The van der Waals surface area contributed by atoms with Crippen molar-refractivity contribution in [3.63, 3.8) is 0 Å². The van der Waals surface area contributed by atoms with Gasteiger partial charge in [0.1, 0.15) is 13.2 Å². The monoisotopic (exact) mass is 875 g/mol. The van der Waals surface area contributed by atoms with Gasteiger partial charge in [-0.3, -0.25) is 14.4 Å². The molecular formula is C57H94O6. The van der Waals surface area contributed by atoms with Gasteiger partial charge in [-0.15, -0.1) is 0 Å². The molecule has 1 atom stereocenters. The molecule has 1 unspecified atom stereocenters. The summed E-state index contributed by atoms with van der Waals surface area (Å²) in [6.45, 7) is 6.40. The van der Waals surface area contributed by atoms with Crippen LogP contribution in [0.4, 0.5) is 0 Å². The molecule has 6 nitrogen and oxygen atoms in total. The van der Waals surface area contributed by atoms with Crippen LogP contribution >= 0.6 is 0 Å². The van der Waals surface area contributed by atoms with Crippen molar-refractivity contribution in [2.24, 2.45) is 0 Å². The van der Waals surface area contributed by atoms with Gasteiger partial charge in [-0.05, 0) is 103 Å². The Morgan fingerprint density at radius 2 is 0.619 bits per heavy atom. The molecule has 0 aromatic heterocycles. The minimum absolute atomic E-state index is 0.0953. The molecule has 0 amide bonds. The highest BCUT2D eigenvalue weighted by molar-refractivity contribution is 5.71. The first-order valence-corrected chi connectivity index (χ1v) is 25.7. The lowest BCUT2D eigenvalue weighted by Crippen LogP contribution is -2.30. The summed E-state index contributed by atoms with van der Waals surface area (Å²) in [5, 5.41) is 0. The average molecular weight is 875 g/mol. The second-order valence-electron chi connectivity index (χ2n) is 16.7. The molecule has 0 aromatic carbocycles. The summed E-state index contributed by atoms with van der Waals surface area (Å²) in [5.41, 5.74) is 0. The average Bonchev–Trinajstić information content (AvgIpc) is 3.28. The predicted octanol–water partition coefficient (Wildman–Crippen LogP) is 17.0. The standard InChI is InChI=1S/C57H94O6/c1-4-7-10-13-16-18-20-22-24-26-27-28-29-31-32-34-36-38-41-44-47-50-56(59)62-53-54(52-61-55(58)49-46-43-40-15-12-9-6-3)63-57(60)51-48-45-42-39-37-35-33-30-25-23-21-19-17-14-11-8-5-2/h7,10,16-19,22-25,27-28,31-32,36,38,54H,4-6,8-9,11-15,20-21,26,29-30,33-35,37,39-53H2,1-3H3/b10-7-,18-16-,19-17-,24-22-,25-23-,28-27-,32-31-,38-36-. The molecule has 0 radical (unpaired) electrons. The van der Waals surface area contributed by atoms with Gasteiger partial charge < -0.3 is 14.2 Å². The highest BCUT2D eigenvalue weighted by atomic mass is 16.6. The summed E-state index contributed by atoms with van der Waals surface area (Å²) < 4.78 is 16.7. The van der Waals surface area contributed by atoms with E-state index in [0.29, 0.717) is 19.3 Å². The summed E-state index contributed by atoms with van der Waals surface area (Å²) in [7, 11) is 0. The zero-order valence-corrected chi connectivity index (χ0v) is 40.8. The van der Waals surface area contributed by atoms with Gasteiger partial charge in [0.05, 0.1) is 0 Å². The largest absolute Gasteiger partial charge is 0.462 e. The Labute approximate surface area is 387 Å². The Bertz CT molecular complexity index is 1280. The molecule has 0 spiro atoms. The van der Waals surface area contributed by atoms with E-state index < -0.39 is 6.10 Å². The van der Waals surface area contributed by atoms with Crippen LogP contribution in [0.3, 0.4) is 0 Å². The summed E-state index contributed by atoms with van der Waals surface area (Å²) in [6.07, 6.45) is 66.9. The maximum absolute atomic E-state index is 12.8. The molecule has 63 heavy (non-hydrogen) atoms. The number of carbonyl (C=O) groups is 3. The van der Waals surface area contributed by atoms with Crippen molar-refractivity contribution in [3.8, 4) is 0 Å². The Hall–Kier alpha value is -3.67. The summed E-state index contributed by atoms with van der Waals surface area (Å²) in [5.74, 6) is -0.959. The van der Waals surface area contributed by atoms with Gasteiger partial charge in [0.25, 0.3) is 0 Å². The molecule has 358 valence electrons. The van der Waals surface area contributed by atoms with Gasteiger partial charge in [-0.1, -0.05) is 201 Å². The molecule has 0 fully saturated rings. The molecule has 0 aliphatic rings. The zero-order chi connectivity index (χ0) is 45.8. The molecule has 0 saturated heterocycles. The van der Waals surface area contributed by atoms with Crippen molar-refractivity contribution in [3.05, 3.63) is 97.2 Å². The van der Waals surface area contributed by atoms with Crippen molar-refractivity contribution in [1.82, 2.24) is 0 Å². The van der Waals surface area contributed by atoms with Gasteiger partial charge in [0.2, 0.25) is 0 Å². The fourth-order valence-electron chi connectivity index (χ4n) is 6.71. The molecule has 0 aromatic rings. The van der Waals surface area contributed by atoms with E-state index in [4.69, 9.17) is 14.2 Å². The number of carbonyl (C=O) groups excluding carboxylic acids is 3.